The van der Waals surface area contributed by atoms with Gasteiger partial charge >= 0.3 is 6.01 Å². The third kappa shape index (κ3) is 4.53. The first-order chi connectivity index (χ1) is 14.8. The molecule has 2 aromatic carbocycles. The smallest absolute Gasteiger partial charge is 0.322 e. The zero-order valence-electron chi connectivity index (χ0n) is 16.9. The van der Waals surface area contributed by atoms with Gasteiger partial charge in [0.25, 0.3) is 10.0 Å². The topological polar surface area (TPSA) is 99.6 Å². The average molecular weight is 445 g/mol. The van der Waals surface area contributed by atoms with Gasteiger partial charge in [-0.05, 0) is 38.1 Å². The number of nitrogens with one attached hydrogen (secondary N) is 1. The molecule has 1 aliphatic rings. The SMILES string of the molecule is Cc1nc(Oc2ccccc2F)nc(C)c1NS(=O)(=O)c1ccc2c(c1)OCCCO2. The van der Waals surface area contributed by atoms with E-state index in [1.165, 1.54) is 30.3 Å². The van der Waals surface area contributed by atoms with Crippen LogP contribution in [0.2, 0.25) is 0 Å². The number of aryl methyl sites for hydroxylation is 2. The van der Waals surface area contributed by atoms with Gasteiger partial charge in [-0.3, -0.25) is 4.72 Å². The van der Waals surface area contributed by atoms with E-state index >= 15 is 0 Å². The van der Waals surface area contributed by atoms with Crippen LogP contribution in [0.1, 0.15) is 17.8 Å². The normalized spacial score (nSPS) is 13.4. The van der Waals surface area contributed by atoms with E-state index in [1.54, 1.807) is 26.0 Å². The number of hydrogen-bond acceptors (Lipinski definition) is 7. The first-order valence-electron chi connectivity index (χ1n) is 9.53. The maximum atomic E-state index is 13.8. The second-order valence-corrected chi connectivity index (χ2v) is 8.53. The minimum absolute atomic E-state index is 0.0160. The van der Waals surface area contributed by atoms with Gasteiger partial charge in [0.1, 0.15) is 0 Å². The number of rotatable bonds is 5. The third-order valence-electron chi connectivity index (χ3n) is 4.55. The summed E-state index contributed by atoms with van der Waals surface area (Å²) >= 11 is 0. The minimum Gasteiger partial charge on any atom is -0.490 e. The van der Waals surface area contributed by atoms with Crippen LogP contribution in [0.15, 0.2) is 47.4 Å². The molecule has 0 bridgehead atoms. The van der Waals surface area contributed by atoms with Gasteiger partial charge in [-0.2, -0.15) is 9.97 Å². The molecule has 2 heterocycles. The molecule has 0 unspecified atom stereocenters. The molecule has 162 valence electrons. The Morgan fingerprint density at radius 2 is 1.68 bits per heavy atom. The quantitative estimate of drug-likeness (QED) is 0.634. The fourth-order valence-electron chi connectivity index (χ4n) is 3.01. The fourth-order valence-corrected chi connectivity index (χ4v) is 4.20. The van der Waals surface area contributed by atoms with Crippen LogP contribution in [0, 0.1) is 19.7 Å². The van der Waals surface area contributed by atoms with Gasteiger partial charge in [-0.1, -0.05) is 12.1 Å². The van der Waals surface area contributed by atoms with Crippen molar-refractivity contribution in [2.45, 2.75) is 25.2 Å². The molecule has 8 nitrogen and oxygen atoms in total. The maximum Gasteiger partial charge on any atom is 0.322 e. The molecule has 0 amide bonds. The number of para-hydroxylation sites is 1. The van der Waals surface area contributed by atoms with Crippen LogP contribution in [0.25, 0.3) is 0 Å². The van der Waals surface area contributed by atoms with Crippen molar-refractivity contribution in [1.29, 1.82) is 0 Å². The number of benzene rings is 2. The number of nitrogens with zero attached hydrogens (tertiary/aromatic N) is 2. The van der Waals surface area contributed by atoms with Gasteiger partial charge in [-0.15, -0.1) is 0 Å². The van der Waals surface area contributed by atoms with E-state index < -0.39 is 15.8 Å². The number of fused-ring (bicyclic) bond motifs is 1. The van der Waals surface area contributed by atoms with Crippen LogP contribution in [0.4, 0.5) is 10.1 Å². The van der Waals surface area contributed by atoms with E-state index in [4.69, 9.17) is 14.2 Å². The van der Waals surface area contributed by atoms with Gasteiger partial charge in [-0.25, -0.2) is 12.8 Å². The average Bonchev–Trinajstić information content (AvgIpc) is 2.97. The van der Waals surface area contributed by atoms with E-state index in [0.717, 1.165) is 0 Å². The molecular formula is C21H20FN3O5S. The number of ether oxygens (including phenoxy) is 3. The Labute approximate surface area is 179 Å². The summed E-state index contributed by atoms with van der Waals surface area (Å²) in [5.41, 5.74) is 0.876. The van der Waals surface area contributed by atoms with E-state index in [-0.39, 0.29) is 22.3 Å². The highest BCUT2D eigenvalue weighted by molar-refractivity contribution is 7.92. The van der Waals surface area contributed by atoms with Gasteiger partial charge in [0.15, 0.2) is 23.1 Å². The molecule has 1 N–H and O–H groups in total. The van der Waals surface area contributed by atoms with Crippen LogP contribution >= 0.6 is 0 Å². The Balaban J connectivity index is 1.60. The molecule has 0 fully saturated rings. The third-order valence-corrected chi connectivity index (χ3v) is 5.90. The zero-order chi connectivity index (χ0) is 22.0. The lowest BCUT2D eigenvalue weighted by molar-refractivity contribution is 0.297. The van der Waals surface area contributed by atoms with Crippen molar-refractivity contribution in [3.8, 4) is 23.3 Å². The highest BCUT2D eigenvalue weighted by Gasteiger charge is 2.22. The molecule has 31 heavy (non-hydrogen) atoms. The number of hydrogen-bond donors (Lipinski definition) is 1. The molecule has 10 heteroatoms. The van der Waals surface area contributed by atoms with Gasteiger partial charge in [0.05, 0.1) is 35.2 Å². The van der Waals surface area contributed by atoms with Gasteiger partial charge in [0.2, 0.25) is 0 Å². The Hall–Kier alpha value is -3.40. The number of aromatic nitrogens is 2. The summed E-state index contributed by atoms with van der Waals surface area (Å²) < 4.78 is 58.8. The molecule has 0 atom stereocenters. The maximum absolute atomic E-state index is 13.8. The summed E-state index contributed by atoms with van der Waals surface area (Å²) in [6, 6.07) is 10.2. The standard InChI is InChI=1S/C21H20FN3O5S/c1-13-20(14(2)24-21(23-13)30-17-7-4-3-6-16(17)22)25-31(26,27)15-8-9-18-19(12-15)29-11-5-10-28-18/h3-4,6-9,12,25H,5,10-11H2,1-2H3. The zero-order valence-corrected chi connectivity index (χ0v) is 17.7. The molecule has 0 spiro atoms. The summed E-state index contributed by atoms with van der Waals surface area (Å²) in [7, 11) is -3.95. The van der Waals surface area contributed by atoms with Crippen LogP contribution in [0.3, 0.4) is 0 Å². The van der Waals surface area contributed by atoms with Crippen molar-refractivity contribution < 1.29 is 27.0 Å². The number of anilines is 1. The van der Waals surface area contributed by atoms with E-state index in [1.807, 2.05) is 0 Å². The lowest BCUT2D eigenvalue weighted by Crippen LogP contribution is -2.16. The highest BCUT2D eigenvalue weighted by atomic mass is 32.2. The lowest BCUT2D eigenvalue weighted by Gasteiger charge is -2.15. The summed E-state index contributed by atoms with van der Waals surface area (Å²) in [6.45, 7) is 4.16. The molecule has 0 saturated carbocycles. The largest absolute Gasteiger partial charge is 0.490 e. The summed E-state index contributed by atoms with van der Waals surface area (Å²) in [5, 5.41) is 0. The monoisotopic (exact) mass is 445 g/mol. The van der Waals surface area contributed by atoms with Crippen molar-refractivity contribution >= 4 is 15.7 Å². The number of sulfonamides is 1. The molecule has 4 rings (SSSR count). The van der Waals surface area contributed by atoms with Gasteiger partial charge < -0.3 is 14.2 Å². The first kappa shape index (κ1) is 20.9. The van der Waals surface area contributed by atoms with E-state index in [2.05, 4.69) is 14.7 Å². The second kappa shape index (κ2) is 8.38. The van der Waals surface area contributed by atoms with Crippen molar-refractivity contribution in [3.63, 3.8) is 0 Å². The Morgan fingerprint density at radius 1 is 1.00 bits per heavy atom. The van der Waals surface area contributed by atoms with Crippen molar-refractivity contribution in [2.75, 3.05) is 17.9 Å². The van der Waals surface area contributed by atoms with Crippen molar-refractivity contribution in [1.82, 2.24) is 9.97 Å². The summed E-state index contributed by atoms with van der Waals surface area (Å²) in [6.07, 6.45) is 0.714. The first-order valence-corrected chi connectivity index (χ1v) is 11.0. The summed E-state index contributed by atoms with van der Waals surface area (Å²) in [4.78, 5) is 8.33. The molecule has 0 aliphatic carbocycles. The predicted molar refractivity (Wildman–Crippen MR) is 111 cm³/mol. The number of halogens is 1. The van der Waals surface area contributed by atoms with E-state index in [9.17, 15) is 12.8 Å². The minimum atomic E-state index is -3.95. The van der Waals surface area contributed by atoms with Crippen molar-refractivity contribution in [2.24, 2.45) is 0 Å². The van der Waals surface area contributed by atoms with Crippen LogP contribution < -0.4 is 18.9 Å². The highest BCUT2D eigenvalue weighted by Crippen LogP contribution is 2.33. The molecule has 3 aromatic rings. The summed E-state index contributed by atoms with van der Waals surface area (Å²) in [5.74, 6) is 0.294. The fraction of sp³-hybridized carbons (Fsp3) is 0.238. The Morgan fingerprint density at radius 3 is 2.39 bits per heavy atom. The van der Waals surface area contributed by atoms with Crippen LogP contribution in [0.5, 0.6) is 23.3 Å². The van der Waals surface area contributed by atoms with E-state index in [0.29, 0.717) is 42.5 Å². The van der Waals surface area contributed by atoms with Crippen LogP contribution in [-0.2, 0) is 10.0 Å². The van der Waals surface area contributed by atoms with Crippen molar-refractivity contribution in [3.05, 3.63) is 59.7 Å². The molecule has 0 radical (unpaired) electrons. The molecule has 0 saturated heterocycles. The lowest BCUT2D eigenvalue weighted by atomic mass is 10.3. The molecule has 1 aromatic heterocycles. The second-order valence-electron chi connectivity index (χ2n) is 6.85. The van der Waals surface area contributed by atoms with Gasteiger partial charge in [0, 0.05) is 12.5 Å². The molecular weight excluding hydrogens is 425 g/mol. The molecule has 1 aliphatic heterocycles. The Kier molecular flexibility index (Phi) is 5.64. The Bertz CT molecular complexity index is 1210. The van der Waals surface area contributed by atoms with Crippen LogP contribution in [-0.4, -0.2) is 31.6 Å². The predicted octanol–water partition coefficient (Wildman–Crippen LogP) is 3.99.